The van der Waals surface area contributed by atoms with Gasteiger partial charge in [0.15, 0.2) is 0 Å². The van der Waals surface area contributed by atoms with Crippen LogP contribution in [-0.4, -0.2) is 35.6 Å². The molecule has 4 nitrogen and oxygen atoms in total. The molecular formula is C11H21N3O. The number of piperidine rings is 1. The summed E-state index contributed by atoms with van der Waals surface area (Å²) in [5.74, 6) is 1.59. The summed E-state index contributed by atoms with van der Waals surface area (Å²) in [6, 6.07) is 0. The molecule has 4 heteroatoms. The van der Waals surface area contributed by atoms with E-state index in [2.05, 4.69) is 10.1 Å². The Morgan fingerprint density at radius 2 is 2.13 bits per heavy atom. The molecule has 1 atom stereocenters. The minimum Gasteiger partial charge on any atom is -0.409 e. The van der Waals surface area contributed by atoms with Crippen molar-refractivity contribution in [2.24, 2.45) is 22.7 Å². The molecule has 1 unspecified atom stereocenters. The van der Waals surface area contributed by atoms with Crippen LogP contribution < -0.4 is 5.73 Å². The summed E-state index contributed by atoms with van der Waals surface area (Å²) < 4.78 is 0. The summed E-state index contributed by atoms with van der Waals surface area (Å²) in [6.45, 7) is 3.38. The fourth-order valence-corrected chi connectivity index (χ4v) is 2.58. The predicted octanol–water partition coefficient (Wildman–Crippen LogP) is 1.24. The highest BCUT2D eigenvalue weighted by atomic mass is 16.4. The largest absolute Gasteiger partial charge is 0.409 e. The number of hydrogen-bond donors (Lipinski definition) is 2. The van der Waals surface area contributed by atoms with Crippen LogP contribution in [-0.2, 0) is 0 Å². The maximum absolute atomic E-state index is 8.66. The van der Waals surface area contributed by atoms with Gasteiger partial charge < -0.3 is 15.8 Å². The van der Waals surface area contributed by atoms with Crippen molar-refractivity contribution in [3.8, 4) is 0 Å². The molecule has 1 aliphatic heterocycles. The molecule has 1 saturated heterocycles. The van der Waals surface area contributed by atoms with E-state index in [1.54, 1.807) is 0 Å². The lowest BCUT2D eigenvalue weighted by Gasteiger charge is -2.37. The molecule has 0 spiro atoms. The molecule has 1 saturated carbocycles. The van der Waals surface area contributed by atoms with E-state index in [1.165, 1.54) is 38.8 Å². The first kappa shape index (κ1) is 10.7. The lowest BCUT2D eigenvalue weighted by atomic mass is 9.84. The molecule has 0 aromatic rings. The molecule has 0 amide bonds. The molecule has 2 rings (SSSR count). The second-order valence-electron chi connectivity index (χ2n) is 4.92. The van der Waals surface area contributed by atoms with Crippen LogP contribution in [0.2, 0.25) is 0 Å². The Morgan fingerprint density at radius 1 is 1.33 bits per heavy atom. The monoisotopic (exact) mass is 211 g/mol. The molecule has 2 aliphatic rings. The number of nitrogens with zero attached hydrogens (tertiary/aromatic N) is 2. The Hall–Kier alpha value is -0.770. The molecule has 1 aliphatic carbocycles. The first-order valence-corrected chi connectivity index (χ1v) is 5.99. The van der Waals surface area contributed by atoms with E-state index < -0.39 is 0 Å². The number of hydrogen-bond acceptors (Lipinski definition) is 3. The maximum atomic E-state index is 8.66. The number of amidine groups is 1. The highest BCUT2D eigenvalue weighted by Gasteiger charge is 2.26. The van der Waals surface area contributed by atoms with E-state index in [1.807, 2.05) is 0 Å². The smallest absolute Gasteiger partial charge is 0.143 e. The van der Waals surface area contributed by atoms with Crippen molar-refractivity contribution < 1.29 is 5.21 Å². The SMILES string of the molecule is NC(=NO)C1CCCN(CC2CCC2)C1. The lowest BCUT2D eigenvalue weighted by Crippen LogP contribution is -2.43. The van der Waals surface area contributed by atoms with Gasteiger partial charge in [0, 0.05) is 19.0 Å². The highest BCUT2D eigenvalue weighted by molar-refractivity contribution is 5.82. The zero-order valence-electron chi connectivity index (χ0n) is 9.23. The van der Waals surface area contributed by atoms with Gasteiger partial charge in [0.05, 0.1) is 0 Å². The molecular weight excluding hydrogens is 190 g/mol. The molecule has 86 valence electrons. The van der Waals surface area contributed by atoms with E-state index in [-0.39, 0.29) is 5.92 Å². The minimum absolute atomic E-state index is 0.267. The minimum atomic E-state index is 0.267. The Morgan fingerprint density at radius 3 is 2.73 bits per heavy atom. The Labute approximate surface area is 91.1 Å². The van der Waals surface area contributed by atoms with Gasteiger partial charge in [0.2, 0.25) is 0 Å². The van der Waals surface area contributed by atoms with Crippen molar-refractivity contribution in [1.29, 1.82) is 0 Å². The van der Waals surface area contributed by atoms with Gasteiger partial charge in [-0.2, -0.15) is 0 Å². The van der Waals surface area contributed by atoms with Gasteiger partial charge in [0.25, 0.3) is 0 Å². The van der Waals surface area contributed by atoms with Gasteiger partial charge in [-0.25, -0.2) is 0 Å². The van der Waals surface area contributed by atoms with Gasteiger partial charge in [-0.05, 0) is 38.1 Å². The molecule has 3 N–H and O–H groups in total. The first-order valence-electron chi connectivity index (χ1n) is 5.99. The normalized spacial score (nSPS) is 30.1. The number of likely N-dealkylation sites (tertiary alicyclic amines) is 1. The fraction of sp³-hybridized carbons (Fsp3) is 0.909. The molecule has 15 heavy (non-hydrogen) atoms. The van der Waals surface area contributed by atoms with Crippen LogP contribution >= 0.6 is 0 Å². The van der Waals surface area contributed by atoms with Gasteiger partial charge in [-0.3, -0.25) is 0 Å². The zero-order valence-corrected chi connectivity index (χ0v) is 9.23. The van der Waals surface area contributed by atoms with E-state index in [9.17, 15) is 0 Å². The van der Waals surface area contributed by atoms with Crippen LogP contribution in [0.4, 0.5) is 0 Å². The average Bonchev–Trinajstić information content (AvgIpc) is 2.23. The standard InChI is InChI=1S/C11H21N3O/c12-11(13-15)10-5-2-6-14(8-10)7-9-3-1-4-9/h9-10,15H,1-8H2,(H2,12,13). The summed E-state index contributed by atoms with van der Waals surface area (Å²) in [7, 11) is 0. The topological polar surface area (TPSA) is 61.9 Å². The number of nitrogens with two attached hydrogens (primary N) is 1. The van der Waals surface area contributed by atoms with Crippen LogP contribution in [0.25, 0.3) is 0 Å². The Kier molecular flexibility index (Phi) is 3.46. The van der Waals surface area contributed by atoms with Gasteiger partial charge in [0.1, 0.15) is 5.84 Å². The van der Waals surface area contributed by atoms with E-state index >= 15 is 0 Å². The van der Waals surface area contributed by atoms with E-state index in [0.29, 0.717) is 5.84 Å². The average molecular weight is 211 g/mol. The second kappa shape index (κ2) is 4.84. The molecule has 0 aromatic carbocycles. The second-order valence-corrected chi connectivity index (χ2v) is 4.92. The molecule has 2 fully saturated rings. The molecule has 1 heterocycles. The Balaban J connectivity index is 1.80. The van der Waals surface area contributed by atoms with E-state index in [4.69, 9.17) is 10.9 Å². The van der Waals surface area contributed by atoms with Crippen LogP contribution in [0.5, 0.6) is 0 Å². The van der Waals surface area contributed by atoms with Crippen LogP contribution in [0.15, 0.2) is 5.16 Å². The lowest BCUT2D eigenvalue weighted by molar-refractivity contribution is 0.140. The van der Waals surface area contributed by atoms with Crippen molar-refractivity contribution in [3.05, 3.63) is 0 Å². The first-order chi connectivity index (χ1) is 7.29. The van der Waals surface area contributed by atoms with Gasteiger partial charge in [-0.1, -0.05) is 11.6 Å². The fourth-order valence-electron chi connectivity index (χ4n) is 2.58. The highest BCUT2D eigenvalue weighted by Crippen LogP contribution is 2.28. The number of rotatable bonds is 3. The number of oxime groups is 1. The van der Waals surface area contributed by atoms with E-state index in [0.717, 1.165) is 18.9 Å². The molecule has 0 aromatic heterocycles. The van der Waals surface area contributed by atoms with Crippen LogP contribution in [0.1, 0.15) is 32.1 Å². The molecule has 0 bridgehead atoms. The van der Waals surface area contributed by atoms with Crippen molar-refractivity contribution >= 4 is 5.84 Å². The van der Waals surface area contributed by atoms with Crippen molar-refractivity contribution in [2.45, 2.75) is 32.1 Å². The van der Waals surface area contributed by atoms with Gasteiger partial charge >= 0.3 is 0 Å². The summed E-state index contributed by atoms with van der Waals surface area (Å²) in [4.78, 5) is 2.48. The maximum Gasteiger partial charge on any atom is 0.143 e. The third-order valence-corrected chi connectivity index (χ3v) is 3.78. The van der Waals surface area contributed by atoms with Crippen LogP contribution in [0, 0.1) is 11.8 Å². The predicted molar refractivity (Wildman–Crippen MR) is 59.9 cm³/mol. The van der Waals surface area contributed by atoms with Crippen molar-refractivity contribution in [3.63, 3.8) is 0 Å². The summed E-state index contributed by atoms with van der Waals surface area (Å²) in [5, 5.41) is 11.8. The van der Waals surface area contributed by atoms with Gasteiger partial charge in [-0.15, -0.1) is 0 Å². The summed E-state index contributed by atoms with van der Waals surface area (Å²) >= 11 is 0. The Bertz CT molecular complexity index is 238. The summed E-state index contributed by atoms with van der Waals surface area (Å²) in [5.41, 5.74) is 5.66. The van der Waals surface area contributed by atoms with Crippen molar-refractivity contribution in [2.75, 3.05) is 19.6 Å². The molecule has 0 radical (unpaired) electrons. The quantitative estimate of drug-likeness (QED) is 0.319. The zero-order chi connectivity index (χ0) is 10.7. The third kappa shape index (κ3) is 2.62. The van der Waals surface area contributed by atoms with Crippen LogP contribution in [0.3, 0.4) is 0 Å². The van der Waals surface area contributed by atoms with Crippen molar-refractivity contribution in [1.82, 2.24) is 4.90 Å². The summed E-state index contributed by atoms with van der Waals surface area (Å²) in [6.07, 6.45) is 6.43. The third-order valence-electron chi connectivity index (χ3n) is 3.78.